The first kappa shape index (κ1) is 36.6. The molecule has 2 aromatic carbocycles. The van der Waals surface area contributed by atoms with E-state index in [4.69, 9.17) is 0 Å². The quantitative estimate of drug-likeness (QED) is 0.168. The Labute approximate surface area is 304 Å². The third kappa shape index (κ3) is 9.18. The molecule has 6 rings (SSSR count). The summed E-state index contributed by atoms with van der Waals surface area (Å²) < 4.78 is 28.4. The number of sulfonamides is 1. The molecular weight excluding hydrogens is 683 g/mol. The monoisotopic (exact) mass is 727 g/mol. The number of nitrogens with zero attached hydrogens (tertiary/aromatic N) is 7. The molecule has 0 atom stereocenters. The summed E-state index contributed by atoms with van der Waals surface area (Å²) in [5, 5.41) is 17.4. The summed E-state index contributed by atoms with van der Waals surface area (Å²) in [4.78, 5) is 38.9. The number of amides is 3. The molecule has 15 nitrogen and oxygen atoms in total. The third-order valence-electron chi connectivity index (χ3n) is 8.84. The van der Waals surface area contributed by atoms with Gasteiger partial charge < -0.3 is 15.5 Å². The van der Waals surface area contributed by atoms with Gasteiger partial charge >= 0.3 is 6.03 Å². The SMILES string of the molecule is Cc1cnc(Nc2ccc(N3CCC(N(C)Cc4ccc(N5CCC(=O)NC5=O)nn4)CC3)cc2)nc1Nc1cccc(S(=O)(=O)NC(C)(C)C)c1. The van der Waals surface area contributed by atoms with Crippen LogP contribution >= 0.6 is 0 Å². The van der Waals surface area contributed by atoms with Crippen molar-refractivity contribution in [3.63, 3.8) is 0 Å². The highest BCUT2D eigenvalue weighted by molar-refractivity contribution is 7.89. The maximum absolute atomic E-state index is 12.9. The number of benzene rings is 2. The molecule has 3 amide bonds. The van der Waals surface area contributed by atoms with Gasteiger partial charge in [-0.2, -0.15) is 10.1 Å². The number of imide groups is 1. The first-order valence-corrected chi connectivity index (χ1v) is 18.7. The molecule has 16 heteroatoms. The van der Waals surface area contributed by atoms with E-state index in [1.165, 1.54) is 4.90 Å². The predicted molar refractivity (Wildman–Crippen MR) is 201 cm³/mol. The zero-order chi connectivity index (χ0) is 37.0. The average molecular weight is 728 g/mol. The number of aromatic nitrogens is 4. The summed E-state index contributed by atoms with van der Waals surface area (Å²) in [6.07, 6.45) is 3.96. The number of carbonyl (C=O) groups excluding carboxylic acids is 2. The van der Waals surface area contributed by atoms with Crippen LogP contribution in [0.5, 0.6) is 0 Å². The number of aryl methyl sites for hydroxylation is 1. The third-order valence-corrected chi connectivity index (χ3v) is 10.6. The molecule has 0 aliphatic carbocycles. The van der Waals surface area contributed by atoms with Gasteiger partial charge in [-0.25, -0.2) is 22.9 Å². The summed E-state index contributed by atoms with van der Waals surface area (Å²) in [7, 11) is -1.59. The predicted octanol–water partition coefficient (Wildman–Crippen LogP) is 4.69. The average Bonchev–Trinajstić information content (AvgIpc) is 3.10. The van der Waals surface area contributed by atoms with Crippen LogP contribution in [0.15, 0.2) is 71.8 Å². The van der Waals surface area contributed by atoms with Gasteiger partial charge in [-0.05, 0) is 102 Å². The largest absolute Gasteiger partial charge is 0.371 e. The Bertz CT molecular complexity index is 2010. The number of urea groups is 1. The van der Waals surface area contributed by atoms with Crippen LogP contribution in [0.3, 0.4) is 0 Å². The van der Waals surface area contributed by atoms with Crippen LogP contribution < -0.4 is 30.5 Å². The number of rotatable bonds is 11. The number of anilines is 6. The first-order chi connectivity index (χ1) is 24.7. The lowest BCUT2D eigenvalue weighted by atomic mass is 10.0. The van der Waals surface area contributed by atoms with E-state index in [9.17, 15) is 18.0 Å². The summed E-state index contributed by atoms with van der Waals surface area (Å²) in [5.74, 6) is 1.13. The topological polar surface area (TPSA) is 178 Å². The molecule has 0 radical (unpaired) electrons. The molecule has 0 bridgehead atoms. The standard InChI is InChI=1S/C36H45N11O4S/c1-24-22-37-34(41-33(24)38-26-7-6-8-30(21-26)52(50,51)44-36(2,3)4)39-25-9-12-29(13-10-25)46-18-15-28(16-19-46)45(5)23-27-11-14-31(43-42-27)47-20-17-32(48)40-35(47)49/h6-14,21-22,28,44H,15-20,23H2,1-5H3,(H,40,48,49)(H2,37,38,39,41). The molecule has 4 N–H and O–H groups in total. The summed E-state index contributed by atoms with van der Waals surface area (Å²) >= 11 is 0. The van der Waals surface area contributed by atoms with E-state index in [0.29, 0.717) is 42.4 Å². The number of carbonyl (C=O) groups is 2. The van der Waals surface area contributed by atoms with E-state index in [1.807, 2.05) is 25.1 Å². The molecule has 2 aliphatic rings. The molecule has 0 saturated carbocycles. The van der Waals surface area contributed by atoms with Crippen LogP contribution in [0.1, 0.15) is 51.3 Å². The van der Waals surface area contributed by atoms with E-state index in [2.05, 4.69) is 69.8 Å². The molecule has 2 aliphatic heterocycles. The smallest absolute Gasteiger partial charge is 0.329 e. The molecular formula is C36H45N11O4S. The van der Waals surface area contributed by atoms with Gasteiger partial charge in [0, 0.05) is 73.0 Å². The fourth-order valence-corrected chi connectivity index (χ4v) is 7.63. The van der Waals surface area contributed by atoms with Gasteiger partial charge in [-0.1, -0.05) is 6.07 Å². The zero-order valence-corrected chi connectivity index (χ0v) is 30.9. The molecule has 0 spiro atoms. The minimum absolute atomic E-state index is 0.165. The second kappa shape index (κ2) is 15.2. The zero-order valence-electron chi connectivity index (χ0n) is 30.0. The van der Waals surface area contributed by atoms with Crippen molar-refractivity contribution < 1.29 is 18.0 Å². The second-order valence-electron chi connectivity index (χ2n) is 14.2. The van der Waals surface area contributed by atoms with Crippen molar-refractivity contribution in [3.05, 3.63) is 78.1 Å². The molecule has 2 saturated heterocycles. The Hall–Kier alpha value is -5.19. The Balaban J connectivity index is 1.01. The summed E-state index contributed by atoms with van der Waals surface area (Å²) in [6.45, 7) is 10.1. The molecule has 0 unspecified atom stereocenters. The lowest BCUT2D eigenvalue weighted by Crippen LogP contribution is -2.50. The van der Waals surface area contributed by atoms with Gasteiger partial charge in [0.2, 0.25) is 21.9 Å². The molecule has 4 heterocycles. The summed E-state index contributed by atoms with van der Waals surface area (Å²) in [6, 6.07) is 18.4. The van der Waals surface area contributed by atoms with Crippen molar-refractivity contribution in [1.29, 1.82) is 0 Å². The fourth-order valence-electron chi connectivity index (χ4n) is 6.17. The van der Waals surface area contributed by atoms with Gasteiger partial charge in [0.15, 0.2) is 5.82 Å². The number of piperidine rings is 1. The maximum atomic E-state index is 12.9. The van der Waals surface area contributed by atoms with E-state index in [-0.39, 0.29) is 17.2 Å². The van der Waals surface area contributed by atoms with Gasteiger partial charge in [0.05, 0.1) is 10.6 Å². The molecule has 52 heavy (non-hydrogen) atoms. The molecule has 2 aromatic heterocycles. The van der Waals surface area contributed by atoms with E-state index < -0.39 is 21.6 Å². The van der Waals surface area contributed by atoms with Crippen molar-refractivity contribution in [2.45, 2.75) is 70.0 Å². The second-order valence-corrected chi connectivity index (χ2v) is 15.9. The molecule has 2 fully saturated rings. The maximum Gasteiger partial charge on any atom is 0.329 e. The van der Waals surface area contributed by atoms with Crippen LogP contribution in [-0.4, -0.2) is 83.7 Å². The Morgan fingerprint density at radius 2 is 1.69 bits per heavy atom. The van der Waals surface area contributed by atoms with E-state index in [0.717, 1.165) is 48.6 Å². The van der Waals surface area contributed by atoms with Gasteiger partial charge in [0.25, 0.3) is 0 Å². The van der Waals surface area contributed by atoms with Crippen LogP contribution in [0, 0.1) is 6.92 Å². The molecule has 4 aromatic rings. The van der Waals surface area contributed by atoms with Crippen LogP contribution in [0.25, 0.3) is 0 Å². The van der Waals surface area contributed by atoms with Crippen molar-refractivity contribution in [2.24, 2.45) is 0 Å². The highest BCUT2D eigenvalue weighted by Gasteiger charge is 2.27. The van der Waals surface area contributed by atoms with E-state index in [1.54, 1.807) is 57.3 Å². The lowest BCUT2D eigenvalue weighted by molar-refractivity contribution is -0.120. The van der Waals surface area contributed by atoms with Gasteiger partial charge in [0.1, 0.15) is 5.82 Å². The highest BCUT2D eigenvalue weighted by atomic mass is 32.2. The van der Waals surface area contributed by atoms with E-state index >= 15 is 0 Å². The minimum atomic E-state index is -3.69. The first-order valence-electron chi connectivity index (χ1n) is 17.2. The van der Waals surface area contributed by atoms with Gasteiger partial charge in [-0.3, -0.25) is 19.9 Å². The molecule has 274 valence electrons. The van der Waals surface area contributed by atoms with Crippen molar-refractivity contribution >= 4 is 56.6 Å². The number of hydrogen-bond acceptors (Lipinski definition) is 12. The Kier molecular flexibility index (Phi) is 10.7. The normalized spacial score (nSPS) is 15.9. The fraction of sp³-hybridized carbons (Fsp3) is 0.389. The highest BCUT2D eigenvalue weighted by Crippen LogP contribution is 2.27. The number of hydrogen-bond donors (Lipinski definition) is 4. The summed E-state index contributed by atoms with van der Waals surface area (Å²) in [5.41, 5.74) is 3.60. The number of nitrogens with one attached hydrogen (secondary N) is 4. The van der Waals surface area contributed by atoms with Gasteiger partial charge in [-0.15, -0.1) is 5.10 Å². The van der Waals surface area contributed by atoms with Crippen molar-refractivity contribution in [2.75, 3.05) is 47.1 Å². The van der Waals surface area contributed by atoms with Crippen LogP contribution in [-0.2, 0) is 21.4 Å². The van der Waals surface area contributed by atoms with Crippen LogP contribution in [0.2, 0.25) is 0 Å². The lowest BCUT2D eigenvalue weighted by Gasteiger charge is -2.37. The Morgan fingerprint density at radius 3 is 2.37 bits per heavy atom. The van der Waals surface area contributed by atoms with Crippen LogP contribution in [0.4, 0.5) is 39.4 Å². The Morgan fingerprint density at radius 1 is 0.942 bits per heavy atom. The van der Waals surface area contributed by atoms with Crippen molar-refractivity contribution in [3.8, 4) is 0 Å². The minimum Gasteiger partial charge on any atom is -0.371 e. The van der Waals surface area contributed by atoms with Crippen molar-refractivity contribution in [1.82, 2.24) is 35.1 Å².